The van der Waals surface area contributed by atoms with Crippen molar-refractivity contribution in [1.82, 2.24) is 0 Å². The van der Waals surface area contributed by atoms with Crippen LogP contribution in [0.1, 0.15) is 72.2 Å². The molecule has 4 rings (SSSR count). The highest BCUT2D eigenvalue weighted by Crippen LogP contribution is 2.34. The number of aromatic hydroxyl groups is 1. The highest BCUT2D eigenvalue weighted by molar-refractivity contribution is 5.99. The molecule has 188 valence electrons. The fourth-order valence-electron chi connectivity index (χ4n) is 4.89. The Morgan fingerprint density at radius 3 is 2.28 bits per heavy atom. The number of carbonyl (C=O) groups excluding carboxylic acids is 1. The van der Waals surface area contributed by atoms with Gasteiger partial charge in [-0.1, -0.05) is 67.6 Å². The minimum absolute atomic E-state index is 0.0316. The highest BCUT2D eigenvalue weighted by Gasteiger charge is 2.22. The number of hydrogen-bond acceptors (Lipinski definition) is 3. The van der Waals surface area contributed by atoms with Crippen molar-refractivity contribution in [1.29, 1.82) is 0 Å². The van der Waals surface area contributed by atoms with Crippen LogP contribution in [0.4, 0.5) is 4.39 Å². The van der Waals surface area contributed by atoms with Gasteiger partial charge in [-0.25, -0.2) is 4.39 Å². The second kappa shape index (κ2) is 12.1. The molecule has 0 saturated carbocycles. The number of rotatable bonds is 10. The van der Waals surface area contributed by atoms with Gasteiger partial charge in [0.15, 0.2) is 17.3 Å². The molecule has 1 N–H and O–H groups in total. The molecular formula is C32H35FO3. The molecule has 3 aromatic carbocycles. The molecule has 0 radical (unpaired) electrons. The molecule has 0 amide bonds. The van der Waals surface area contributed by atoms with E-state index in [9.17, 15) is 14.3 Å². The van der Waals surface area contributed by atoms with Crippen molar-refractivity contribution < 1.29 is 19.0 Å². The summed E-state index contributed by atoms with van der Waals surface area (Å²) in [7, 11) is 0. The van der Waals surface area contributed by atoms with E-state index in [4.69, 9.17) is 4.74 Å². The zero-order chi connectivity index (χ0) is 25.5. The third kappa shape index (κ3) is 6.11. The first-order valence-corrected chi connectivity index (χ1v) is 13.0. The lowest BCUT2D eigenvalue weighted by molar-refractivity contribution is -0.0190. The molecule has 1 aliphatic rings. The van der Waals surface area contributed by atoms with Gasteiger partial charge in [0.1, 0.15) is 0 Å². The standard InChI is InChI=1S/C32H35FO3/c1-3-5-6-24-13-20-30(36-21-24)26-16-11-23(12-17-26)8-7-22-9-14-25(15-10-22)27-18-19-28(29(34)4-2)32(35)31(27)33/h3,9-12,14-19,24,30,35H,1,4-8,13,20-21H2,2H3. The molecule has 1 fully saturated rings. The first kappa shape index (κ1) is 25.8. The normalized spacial score (nSPS) is 17.6. The zero-order valence-corrected chi connectivity index (χ0v) is 21.0. The maximum Gasteiger partial charge on any atom is 0.173 e. The number of ketones is 1. The van der Waals surface area contributed by atoms with Crippen molar-refractivity contribution in [2.45, 2.75) is 58.0 Å². The molecular weight excluding hydrogens is 451 g/mol. The first-order valence-electron chi connectivity index (χ1n) is 13.0. The molecule has 0 aromatic heterocycles. The van der Waals surface area contributed by atoms with Crippen molar-refractivity contribution >= 4 is 5.78 Å². The predicted octanol–water partition coefficient (Wildman–Crippen LogP) is 8.01. The van der Waals surface area contributed by atoms with Crippen molar-refractivity contribution in [3.63, 3.8) is 0 Å². The second-order valence-electron chi connectivity index (χ2n) is 9.67. The maximum atomic E-state index is 14.7. The molecule has 4 heteroatoms. The van der Waals surface area contributed by atoms with Crippen molar-refractivity contribution in [3.8, 4) is 16.9 Å². The number of aryl methyl sites for hydroxylation is 2. The van der Waals surface area contributed by atoms with Crippen LogP contribution >= 0.6 is 0 Å². The van der Waals surface area contributed by atoms with Crippen LogP contribution < -0.4 is 0 Å². The lowest BCUT2D eigenvalue weighted by atomic mass is 9.91. The van der Waals surface area contributed by atoms with E-state index in [-0.39, 0.29) is 23.9 Å². The summed E-state index contributed by atoms with van der Waals surface area (Å²) in [6, 6.07) is 19.5. The van der Waals surface area contributed by atoms with Crippen molar-refractivity contribution in [2.75, 3.05) is 6.61 Å². The summed E-state index contributed by atoms with van der Waals surface area (Å²) in [6.07, 6.45) is 8.70. The number of ether oxygens (including phenoxy) is 1. The number of Topliss-reactive ketones (excluding diaryl/α,β-unsaturated/α-hetero) is 1. The Balaban J connectivity index is 1.33. The van der Waals surface area contributed by atoms with Crippen LogP contribution in [0, 0.1) is 11.7 Å². The Labute approximate surface area is 213 Å². The van der Waals surface area contributed by atoms with Crippen molar-refractivity contribution in [2.24, 2.45) is 5.92 Å². The molecule has 2 atom stereocenters. The number of benzene rings is 3. The van der Waals surface area contributed by atoms with Gasteiger partial charge in [-0.3, -0.25) is 4.79 Å². The Morgan fingerprint density at radius 2 is 1.69 bits per heavy atom. The summed E-state index contributed by atoms with van der Waals surface area (Å²) < 4.78 is 20.9. The number of hydrogen-bond donors (Lipinski definition) is 1. The summed E-state index contributed by atoms with van der Waals surface area (Å²) in [5, 5.41) is 10.1. The molecule has 0 aliphatic carbocycles. The average Bonchev–Trinajstić information content (AvgIpc) is 2.93. The number of halogens is 1. The first-order chi connectivity index (χ1) is 17.5. The molecule has 3 aromatic rings. The molecule has 1 aliphatic heterocycles. The van der Waals surface area contributed by atoms with Crippen LogP contribution in [0.2, 0.25) is 0 Å². The summed E-state index contributed by atoms with van der Waals surface area (Å²) in [6.45, 7) is 6.33. The molecule has 0 bridgehead atoms. The van der Waals surface area contributed by atoms with Crippen molar-refractivity contribution in [3.05, 3.63) is 101 Å². The SMILES string of the molecule is C=CCCC1CCC(c2ccc(CCc3ccc(-c4ccc(C(=O)CC)c(O)c4F)cc3)cc2)OC1. The van der Waals surface area contributed by atoms with Gasteiger partial charge < -0.3 is 9.84 Å². The number of allylic oxidation sites excluding steroid dienone is 1. The van der Waals surface area contributed by atoms with Crippen LogP contribution in [-0.2, 0) is 17.6 Å². The van der Waals surface area contributed by atoms with E-state index >= 15 is 0 Å². The highest BCUT2D eigenvalue weighted by atomic mass is 19.1. The second-order valence-corrected chi connectivity index (χ2v) is 9.67. The van der Waals surface area contributed by atoms with E-state index < -0.39 is 11.6 Å². The summed E-state index contributed by atoms with van der Waals surface area (Å²) >= 11 is 0. The minimum Gasteiger partial charge on any atom is -0.504 e. The van der Waals surface area contributed by atoms with Gasteiger partial charge >= 0.3 is 0 Å². The van der Waals surface area contributed by atoms with Gasteiger partial charge in [-0.15, -0.1) is 6.58 Å². The minimum atomic E-state index is -0.753. The number of carbonyl (C=O) groups is 1. The van der Waals surface area contributed by atoms with Crippen LogP contribution in [0.25, 0.3) is 11.1 Å². The number of phenolic OH excluding ortho intramolecular Hbond substituents is 1. The van der Waals surface area contributed by atoms with E-state index in [1.54, 1.807) is 13.0 Å². The van der Waals surface area contributed by atoms with Gasteiger partial charge in [0, 0.05) is 12.0 Å². The maximum absolute atomic E-state index is 14.7. The quantitative estimate of drug-likeness (QED) is 0.233. The fraction of sp³-hybridized carbons (Fsp3) is 0.344. The monoisotopic (exact) mass is 486 g/mol. The summed E-state index contributed by atoms with van der Waals surface area (Å²) in [5.74, 6) is -0.952. The third-order valence-corrected chi connectivity index (χ3v) is 7.21. The summed E-state index contributed by atoms with van der Waals surface area (Å²) in [4.78, 5) is 11.9. The van der Waals surface area contributed by atoms with Crippen LogP contribution in [0.5, 0.6) is 5.75 Å². The van der Waals surface area contributed by atoms with E-state index in [1.807, 2.05) is 30.3 Å². The third-order valence-electron chi connectivity index (χ3n) is 7.21. The van der Waals surface area contributed by atoms with Crippen LogP contribution in [0.3, 0.4) is 0 Å². The lowest BCUT2D eigenvalue weighted by Gasteiger charge is -2.29. The van der Waals surface area contributed by atoms with E-state index in [1.165, 1.54) is 30.0 Å². The topological polar surface area (TPSA) is 46.5 Å². The van der Waals surface area contributed by atoms with Gasteiger partial charge in [-0.2, -0.15) is 0 Å². The van der Waals surface area contributed by atoms with Gasteiger partial charge in [-0.05, 0) is 72.8 Å². The Kier molecular flexibility index (Phi) is 8.71. The van der Waals surface area contributed by atoms with Gasteiger partial charge in [0.05, 0.1) is 18.3 Å². The largest absolute Gasteiger partial charge is 0.504 e. The molecule has 1 saturated heterocycles. The average molecular weight is 487 g/mol. The van der Waals surface area contributed by atoms with E-state index in [0.29, 0.717) is 17.0 Å². The van der Waals surface area contributed by atoms with Crippen LogP contribution in [0.15, 0.2) is 73.3 Å². The molecule has 1 heterocycles. The van der Waals surface area contributed by atoms with Gasteiger partial charge in [0.25, 0.3) is 0 Å². The number of phenols is 1. The zero-order valence-electron chi connectivity index (χ0n) is 21.0. The predicted molar refractivity (Wildman–Crippen MR) is 143 cm³/mol. The van der Waals surface area contributed by atoms with E-state index in [2.05, 4.69) is 30.8 Å². The molecule has 36 heavy (non-hydrogen) atoms. The molecule has 3 nitrogen and oxygen atoms in total. The lowest BCUT2D eigenvalue weighted by Crippen LogP contribution is -2.20. The Bertz CT molecular complexity index is 1170. The fourth-order valence-corrected chi connectivity index (χ4v) is 4.89. The Hall–Kier alpha value is -3.24. The Morgan fingerprint density at radius 1 is 1.03 bits per heavy atom. The molecule has 2 unspecified atom stereocenters. The van der Waals surface area contributed by atoms with Crippen LogP contribution in [-0.4, -0.2) is 17.5 Å². The summed E-state index contributed by atoms with van der Waals surface area (Å²) in [5.41, 5.74) is 4.68. The van der Waals surface area contributed by atoms with Gasteiger partial charge in [0.2, 0.25) is 0 Å². The smallest absolute Gasteiger partial charge is 0.173 e. The molecule has 0 spiro atoms. The van der Waals surface area contributed by atoms with E-state index in [0.717, 1.165) is 37.9 Å².